The second kappa shape index (κ2) is 5.80. The molecule has 90 valence electrons. The number of hydrogen-bond donors (Lipinski definition) is 1. The molecular weight excluding hydrogens is 230 g/mol. The van der Waals surface area contributed by atoms with E-state index in [4.69, 9.17) is 5.73 Å². The number of aromatic nitrogens is 1. The van der Waals surface area contributed by atoms with E-state index in [1.165, 1.54) is 4.88 Å². The summed E-state index contributed by atoms with van der Waals surface area (Å²) in [7, 11) is 2.09. The first-order chi connectivity index (χ1) is 8.31. The summed E-state index contributed by atoms with van der Waals surface area (Å²) < 4.78 is 0. The van der Waals surface area contributed by atoms with Gasteiger partial charge in [-0.2, -0.15) is 0 Å². The largest absolute Gasteiger partial charge is 0.373 e. The van der Waals surface area contributed by atoms with Crippen LogP contribution in [0.5, 0.6) is 0 Å². The zero-order valence-electron chi connectivity index (χ0n) is 9.97. The zero-order valence-corrected chi connectivity index (χ0v) is 10.8. The van der Waals surface area contributed by atoms with E-state index in [2.05, 4.69) is 34.4 Å². The van der Waals surface area contributed by atoms with Gasteiger partial charge in [0.1, 0.15) is 0 Å². The van der Waals surface area contributed by atoms with Crippen molar-refractivity contribution in [2.75, 3.05) is 18.5 Å². The molecule has 2 N–H and O–H groups in total. The van der Waals surface area contributed by atoms with Crippen molar-refractivity contribution in [2.24, 2.45) is 5.73 Å². The number of pyridine rings is 1. The van der Waals surface area contributed by atoms with Crippen LogP contribution in [0.3, 0.4) is 0 Å². The normalized spacial score (nSPS) is 10.5. The molecule has 0 aromatic carbocycles. The summed E-state index contributed by atoms with van der Waals surface area (Å²) in [4.78, 5) is 7.79. The Morgan fingerprint density at radius 2 is 2.29 bits per heavy atom. The number of rotatable bonds is 5. The Kier molecular flexibility index (Phi) is 4.12. The van der Waals surface area contributed by atoms with E-state index < -0.39 is 0 Å². The van der Waals surface area contributed by atoms with Gasteiger partial charge in [0.2, 0.25) is 0 Å². The van der Waals surface area contributed by atoms with E-state index in [0.29, 0.717) is 6.54 Å². The SMILES string of the molecule is CN(CCc1cccs1)c1cnccc1CN. The van der Waals surface area contributed by atoms with Gasteiger partial charge in [0.15, 0.2) is 0 Å². The standard InChI is InChI=1S/C13H17N3S/c1-16(7-5-12-3-2-8-17-12)13-10-15-6-4-11(13)9-14/h2-4,6,8,10H,5,7,9,14H2,1H3. The number of nitrogens with two attached hydrogens (primary N) is 1. The van der Waals surface area contributed by atoms with Crippen LogP contribution in [0.15, 0.2) is 36.0 Å². The molecule has 2 heterocycles. The van der Waals surface area contributed by atoms with E-state index >= 15 is 0 Å². The van der Waals surface area contributed by atoms with Gasteiger partial charge in [-0.05, 0) is 29.5 Å². The lowest BCUT2D eigenvalue weighted by atomic mass is 10.2. The fourth-order valence-corrected chi connectivity index (χ4v) is 2.48. The monoisotopic (exact) mass is 247 g/mol. The molecule has 17 heavy (non-hydrogen) atoms. The van der Waals surface area contributed by atoms with Crippen molar-refractivity contribution in [1.82, 2.24) is 4.98 Å². The summed E-state index contributed by atoms with van der Waals surface area (Å²) in [6.45, 7) is 1.54. The number of likely N-dealkylation sites (N-methyl/N-ethyl adjacent to an activating group) is 1. The minimum Gasteiger partial charge on any atom is -0.373 e. The van der Waals surface area contributed by atoms with Crippen LogP contribution in [-0.2, 0) is 13.0 Å². The van der Waals surface area contributed by atoms with Gasteiger partial charge in [-0.1, -0.05) is 6.07 Å². The van der Waals surface area contributed by atoms with Gasteiger partial charge < -0.3 is 10.6 Å². The van der Waals surface area contributed by atoms with E-state index in [0.717, 1.165) is 24.2 Å². The maximum atomic E-state index is 5.73. The van der Waals surface area contributed by atoms with Crippen LogP contribution in [0.25, 0.3) is 0 Å². The van der Waals surface area contributed by atoms with Gasteiger partial charge in [-0.15, -0.1) is 11.3 Å². The number of thiophene rings is 1. The van der Waals surface area contributed by atoms with Gasteiger partial charge in [-0.25, -0.2) is 0 Å². The Morgan fingerprint density at radius 1 is 1.41 bits per heavy atom. The molecule has 0 radical (unpaired) electrons. The van der Waals surface area contributed by atoms with Crippen LogP contribution in [0.1, 0.15) is 10.4 Å². The summed E-state index contributed by atoms with van der Waals surface area (Å²) in [5, 5.41) is 2.12. The van der Waals surface area contributed by atoms with Crippen LogP contribution >= 0.6 is 11.3 Å². The van der Waals surface area contributed by atoms with Crippen LogP contribution in [0.2, 0.25) is 0 Å². The molecule has 2 aromatic heterocycles. The van der Waals surface area contributed by atoms with Crippen molar-refractivity contribution in [3.8, 4) is 0 Å². The van der Waals surface area contributed by atoms with Crippen molar-refractivity contribution in [1.29, 1.82) is 0 Å². The molecule has 0 aliphatic carbocycles. The van der Waals surface area contributed by atoms with E-state index in [-0.39, 0.29) is 0 Å². The Balaban J connectivity index is 2.01. The van der Waals surface area contributed by atoms with Crippen LogP contribution in [0.4, 0.5) is 5.69 Å². The molecule has 0 unspecified atom stereocenters. The van der Waals surface area contributed by atoms with Crippen LogP contribution in [-0.4, -0.2) is 18.6 Å². The molecule has 0 fully saturated rings. The predicted octanol–water partition coefficient (Wildman–Crippen LogP) is 2.28. The van der Waals surface area contributed by atoms with Crippen molar-refractivity contribution in [2.45, 2.75) is 13.0 Å². The quantitative estimate of drug-likeness (QED) is 0.881. The smallest absolute Gasteiger partial charge is 0.0595 e. The molecule has 0 saturated carbocycles. The predicted molar refractivity (Wildman–Crippen MR) is 73.4 cm³/mol. The lowest BCUT2D eigenvalue weighted by Gasteiger charge is -2.21. The molecule has 0 atom stereocenters. The molecule has 0 bridgehead atoms. The number of hydrogen-bond acceptors (Lipinski definition) is 4. The van der Waals surface area contributed by atoms with Crippen LogP contribution in [0, 0.1) is 0 Å². The first-order valence-corrected chi connectivity index (χ1v) is 6.55. The van der Waals surface area contributed by atoms with Crippen molar-refractivity contribution < 1.29 is 0 Å². The summed E-state index contributed by atoms with van der Waals surface area (Å²) in [5.74, 6) is 0. The Hall–Kier alpha value is -1.39. The maximum absolute atomic E-state index is 5.73. The van der Waals surface area contributed by atoms with Gasteiger partial charge >= 0.3 is 0 Å². The highest BCUT2D eigenvalue weighted by atomic mass is 32.1. The number of nitrogens with zero attached hydrogens (tertiary/aromatic N) is 2. The molecule has 2 aromatic rings. The summed E-state index contributed by atoms with van der Waals surface area (Å²) in [6.07, 6.45) is 4.74. The highest BCUT2D eigenvalue weighted by molar-refractivity contribution is 7.09. The van der Waals surface area contributed by atoms with Gasteiger partial charge in [-0.3, -0.25) is 4.98 Å². The Morgan fingerprint density at radius 3 is 3.00 bits per heavy atom. The van der Waals surface area contributed by atoms with Crippen LogP contribution < -0.4 is 10.6 Å². The van der Waals surface area contributed by atoms with Gasteiger partial charge in [0.05, 0.1) is 11.9 Å². The number of anilines is 1. The summed E-state index contributed by atoms with van der Waals surface area (Å²) >= 11 is 1.80. The molecule has 4 heteroatoms. The minimum absolute atomic E-state index is 0.557. The molecule has 0 amide bonds. The third-order valence-electron chi connectivity index (χ3n) is 2.79. The van der Waals surface area contributed by atoms with Crippen molar-refractivity contribution in [3.63, 3.8) is 0 Å². The lowest BCUT2D eigenvalue weighted by molar-refractivity contribution is 0.870. The first-order valence-electron chi connectivity index (χ1n) is 5.67. The topological polar surface area (TPSA) is 42.2 Å². The maximum Gasteiger partial charge on any atom is 0.0595 e. The first kappa shape index (κ1) is 12.1. The van der Waals surface area contributed by atoms with E-state index in [1.807, 2.05) is 12.3 Å². The van der Waals surface area contributed by atoms with Crippen molar-refractivity contribution in [3.05, 3.63) is 46.4 Å². The molecule has 0 spiro atoms. The Labute approximate surface area is 106 Å². The van der Waals surface area contributed by atoms with E-state index in [9.17, 15) is 0 Å². The van der Waals surface area contributed by atoms with E-state index in [1.54, 1.807) is 17.5 Å². The molecule has 0 aliphatic heterocycles. The third kappa shape index (κ3) is 3.05. The minimum atomic E-state index is 0.557. The van der Waals surface area contributed by atoms with Crippen molar-refractivity contribution >= 4 is 17.0 Å². The fourth-order valence-electron chi connectivity index (χ4n) is 1.78. The highest BCUT2D eigenvalue weighted by Crippen LogP contribution is 2.18. The zero-order chi connectivity index (χ0) is 12.1. The molecule has 2 rings (SSSR count). The summed E-state index contributed by atoms with van der Waals surface area (Å²) in [5.41, 5.74) is 8.00. The molecule has 0 saturated heterocycles. The second-order valence-electron chi connectivity index (χ2n) is 3.96. The van der Waals surface area contributed by atoms with Gasteiger partial charge in [0, 0.05) is 31.2 Å². The third-order valence-corrected chi connectivity index (χ3v) is 3.73. The molecule has 3 nitrogen and oxygen atoms in total. The fraction of sp³-hybridized carbons (Fsp3) is 0.308. The van der Waals surface area contributed by atoms with Gasteiger partial charge in [0.25, 0.3) is 0 Å². The second-order valence-corrected chi connectivity index (χ2v) is 4.99. The lowest BCUT2D eigenvalue weighted by Crippen LogP contribution is -2.22. The summed E-state index contributed by atoms with van der Waals surface area (Å²) in [6, 6.07) is 6.25. The average Bonchev–Trinajstić information content (AvgIpc) is 2.89. The average molecular weight is 247 g/mol. The molecule has 0 aliphatic rings. The Bertz CT molecular complexity index is 453. The highest BCUT2D eigenvalue weighted by Gasteiger charge is 2.06. The molecular formula is C13H17N3S.